The summed E-state index contributed by atoms with van der Waals surface area (Å²) in [6.07, 6.45) is 4.50. The van der Waals surface area contributed by atoms with Crippen LogP contribution in [0, 0.1) is 17.6 Å². The van der Waals surface area contributed by atoms with Crippen molar-refractivity contribution in [1.82, 2.24) is 14.5 Å². The van der Waals surface area contributed by atoms with E-state index in [1.54, 1.807) is 18.5 Å². The van der Waals surface area contributed by atoms with Gasteiger partial charge in [-0.3, -0.25) is 0 Å². The first-order valence-electron chi connectivity index (χ1n) is 15.0. The number of carbonyl (C=O) groups excluding carboxylic acids is 1. The summed E-state index contributed by atoms with van der Waals surface area (Å²) in [4.78, 5) is 15.1. The van der Waals surface area contributed by atoms with Gasteiger partial charge in [0, 0.05) is 42.3 Å². The molecule has 2 N–H and O–H groups in total. The number of urea groups is 1. The highest BCUT2D eigenvalue weighted by atomic mass is 32.2. The fraction of sp³-hybridized carbons (Fsp3) is 0.581. The van der Waals surface area contributed by atoms with Gasteiger partial charge in [0.25, 0.3) is 0 Å². The molecule has 0 bridgehead atoms. The van der Waals surface area contributed by atoms with Crippen LogP contribution in [-0.4, -0.2) is 81.9 Å². The third-order valence-electron chi connectivity index (χ3n) is 9.58. The number of anilines is 1. The van der Waals surface area contributed by atoms with Crippen molar-refractivity contribution in [2.45, 2.75) is 62.9 Å². The number of likely N-dealkylation sites (tertiary alicyclic amines) is 1. The van der Waals surface area contributed by atoms with Crippen molar-refractivity contribution in [2.24, 2.45) is 5.92 Å². The van der Waals surface area contributed by atoms with E-state index in [4.69, 9.17) is 9.47 Å². The molecule has 43 heavy (non-hydrogen) atoms. The van der Waals surface area contributed by atoms with E-state index in [1.807, 2.05) is 18.2 Å². The van der Waals surface area contributed by atoms with Crippen LogP contribution in [0.4, 0.5) is 19.3 Å². The Morgan fingerprint density at radius 3 is 2.42 bits per heavy atom. The molecule has 2 aromatic carbocycles. The number of fused-ring (bicyclic) bond motifs is 1. The molecule has 3 aliphatic rings. The predicted octanol–water partition coefficient (Wildman–Crippen LogP) is 4.73. The van der Waals surface area contributed by atoms with Gasteiger partial charge in [-0.15, -0.1) is 0 Å². The molecular weight excluding hydrogens is 578 g/mol. The van der Waals surface area contributed by atoms with Crippen molar-refractivity contribution in [3.05, 3.63) is 53.6 Å². The highest BCUT2D eigenvalue weighted by molar-refractivity contribution is 7.89. The molecule has 0 spiro atoms. The second-order valence-corrected chi connectivity index (χ2v) is 14.2. The zero-order valence-electron chi connectivity index (χ0n) is 25.1. The van der Waals surface area contributed by atoms with Crippen molar-refractivity contribution < 1.29 is 31.5 Å². The molecule has 3 unspecified atom stereocenters. The second-order valence-electron chi connectivity index (χ2n) is 12.1. The first kappa shape index (κ1) is 31.5. The minimum atomic E-state index is -3.60. The number of rotatable bonds is 9. The van der Waals surface area contributed by atoms with Gasteiger partial charge in [-0.1, -0.05) is 13.0 Å². The number of nitrogens with one attached hydrogen (secondary N) is 2. The summed E-state index contributed by atoms with van der Waals surface area (Å²) in [7, 11) is -0.441. The average molecular weight is 621 g/mol. The molecule has 2 saturated heterocycles. The molecule has 2 aromatic rings. The molecule has 0 radical (unpaired) electrons. The first-order valence-corrected chi connectivity index (χ1v) is 16.6. The molecule has 2 amide bonds. The summed E-state index contributed by atoms with van der Waals surface area (Å²) in [5.74, 6) is -0.154. The van der Waals surface area contributed by atoms with Gasteiger partial charge in [0.2, 0.25) is 10.0 Å². The number of methoxy groups -OCH3 is 2. The number of ether oxygens (including phenoxy) is 2. The number of amides is 2. The number of nitrogens with zero attached hydrogens (tertiary/aromatic N) is 2. The van der Waals surface area contributed by atoms with Crippen LogP contribution in [0.2, 0.25) is 0 Å². The molecule has 12 heteroatoms. The SMILES string of the molecule is COc1ccc(C23CCC(NC(=O)Nc4ccc(F)c(F)c4)CC2N(S(=O)(=O)CCN2CCC(C)CC2)CC3)cc1OC. The van der Waals surface area contributed by atoms with E-state index in [-0.39, 0.29) is 23.5 Å². The van der Waals surface area contributed by atoms with E-state index in [9.17, 15) is 22.0 Å². The lowest BCUT2D eigenvalue weighted by atomic mass is 9.65. The van der Waals surface area contributed by atoms with E-state index in [2.05, 4.69) is 22.5 Å². The Morgan fingerprint density at radius 2 is 1.72 bits per heavy atom. The third-order valence-corrected chi connectivity index (χ3v) is 11.4. The fourth-order valence-corrected chi connectivity index (χ4v) is 8.80. The number of carbonyl (C=O) groups is 1. The maximum atomic E-state index is 13.9. The summed E-state index contributed by atoms with van der Waals surface area (Å²) in [5, 5.41) is 5.51. The predicted molar refractivity (Wildman–Crippen MR) is 161 cm³/mol. The molecular formula is C31H42F2N4O5S. The molecule has 2 heterocycles. The summed E-state index contributed by atoms with van der Waals surface area (Å²) in [6, 6.07) is 7.71. The van der Waals surface area contributed by atoms with Gasteiger partial charge in [0.1, 0.15) is 0 Å². The van der Waals surface area contributed by atoms with E-state index < -0.39 is 33.1 Å². The highest BCUT2D eigenvalue weighted by Crippen LogP contribution is 2.51. The van der Waals surface area contributed by atoms with Crippen LogP contribution in [-0.2, 0) is 15.4 Å². The highest BCUT2D eigenvalue weighted by Gasteiger charge is 2.55. The molecule has 5 rings (SSSR count). The van der Waals surface area contributed by atoms with E-state index in [0.29, 0.717) is 56.2 Å². The second kappa shape index (κ2) is 13.0. The first-order chi connectivity index (χ1) is 20.5. The Hall–Kier alpha value is -2.96. The number of hydrogen-bond acceptors (Lipinski definition) is 6. The molecule has 1 aliphatic carbocycles. The van der Waals surface area contributed by atoms with Gasteiger partial charge in [0.15, 0.2) is 23.1 Å². The van der Waals surface area contributed by atoms with Crippen LogP contribution in [0.25, 0.3) is 0 Å². The maximum Gasteiger partial charge on any atom is 0.319 e. The number of halogens is 2. The Balaban J connectivity index is 1.36. The lowest BCUT2D eigenvalue weighted by molar-refractivity contribution is 0.181. The largest absolute Gasteiger partial charge is 0.493 e. The van der Waals surface area contributed by atoms with Crippen molar-refractivity contribution in [2.75, 3.05) is 51.5 Å². The Labute approximate surface area is 253 Å². The molecule has 2 aliphatic heterocycles. The average Bonchev–Trinajstić information content (AvgIpc) is 3.39. The molecule has 3 atom stereocenters. The summed E-state index contributed by atoms with van der Waals surface area (Å²) >= 11 is 0. The number of benzene rings is 2. The lowest BCUT2D eigenvalue weighted by Crippen LogP contribution is -2.54. The summed E-state index contributed by atoms with van der Waals surface area (Å²) < 4.78 is 67.5. The van der Waals surface area contributed by atoms with Gasteiger partial charge in [-0.2, -0.15) is 4.31 Å². The smallest absolute Gasteiger partial charge is 0.319 e. The van der Waals surface area contributed by atoms with Crippen LogP contribution < -0.4 is 20.1 Å². The minimum Gasteiger partial charge on any atom is -0.493 e. The van der Waals surface area contributed by atoms with Crippen LogP contribution in [0.1, 0.15) is 51.0 Å². The molecule has 3 fully saturated rings. The summed E-state index contributed by atoms with van der Waals surface area (Å²) in [5.41, 5.74) is 0.661. The van der Waals surface area contributed by atoms with E-state index >= 15 is 0 Å². The maximum absolute atomic E-state index is 13.9. The van der Waals surface area contributed by atoms with E-state index in [1.165, 1.54) is 6.07 Å². The lowest BCUT2D eigenvalue weighted by Gasteiger charge is -2.45. The quantitative estimate of drug-likeness (QED) is 0.421. The van der Waals surface area contributed by atoms with Crippen molar-refractivity contribution in [3.63, 3.8) is 0 Å². The molecule has 0 aromatic heterocycles. The zero-order valence-corrected chi connectivity index (χ0v) is 25.9. The number of sulfonamides is 1. The van der Waals surface area contributed by atoms with Gasteiger partial charge in [-0.25, -0.2) is 22.0 Å². The van der Waals surface area contributed by atoms with Crippen LogP contribution >= 0.6 is 0 Å². The number of piperidine rings is 1. The normalized spacial score (nSPS) is 25.2. The topological polar surface area (TPSA) is 100 Å². The van der Waals surface area contributed by atoms with Crippen LogP contribution in [0.15, 0.2) is 36.4 Å². The third kappa shape index (κ3) is 6.76. The molecule has 9 nitrogen and oxygen atoms in total. The Bertz CT molecular complexity index is 1420. The van der Waals surface area contributed by atoms with Crippen molar-refractivity contribution in [3.8, 4) is 11.5 Å². The van der Waals surface area contributed by atoms with Gasteiger partial charge in [-0.05, 0) is 87.4 Å². The van der Waals surface area contributed by atoms with Crippen LogP contribution in [0.3, 0.4) is 0 Å². The van der Waals surface area contributed by atoms with Crippen molar-refractivity contribution >= 4 is 21.7 Å². The fourth-order valence-electron chi connectivity index (χ4n) is 7.03. The van der Waals surface area contributed by atoms with E-state index in [0.717, 1.165) is 43.6 Å². The van der Waals surface area contributed by atoms with Gasteiger partial charge < -0.3 is 25.0 Å². The minimum absolute atomic E-state index is 0.0502. The van der Waals surface area contributed by atoms with Gasteiger partial charge >= 0.3 is 6.03 Å². The van der Waals surface area contributed by atoms with Gasteiger partial charge in [0.05, 0.1) is 20.0 Å². The standard InChI is InChI=1S/C31H42F2N4O5S/c1-21-9-13-36(14-10-21)16-17-43(39,40)37-15-12-31(22-4-7-27(41-2)28(18-22)42-3)11-8-24(20-29(31)37)35-30(38)34-23-5-6-25(32)26(33)19-23/h4-7,18-19,21,24,29H,8-17,20H2,1-3H3,(H2,34,35,38). The Morgan fingerprint density at radius 1 is 0.977 bits per heavy atom. The van der Waals surface area contributed by atoms with Crippen LogP contribution in [0.5, 0.6) is 11.5 Å². The summed E-state index contributed by atoms with van der Waals surface area (Å²) in [6.45, 7) is 4.95. The Kier molecular flexibility index (Phi) is 9.48. The molecule has 236 valence electrons. The monoisotopic (exact) mass is 620 g/mol. The van der Waals surface area contributed by atoms with Crippen molar-refractivity contribution in [1.29, 1.82) is 0 Å². The zero-order chi connectivity index (χ0) is 30.8. The molecule has 1 saturated carbocycles. The number of hydrogen-bond donors (Lipinski definition) is 2.